The van der Waals surface area contributed by atoms with Crippen LogP contribution in [0.15, 0.2) is 29.5 Å². The van der Waals surface area contributed by atoms with Crippen LogP contribution in [0.4, 0.5) is 0 Å². The number of ether oxygens (including phenoxy) is 1. The van der Waals surface area contributed by atoms with Gasteiger partial charge in [0.25, 0.3) is 0 Å². The number of pyridine rings is 1. The topological polar surface area (TPSA) is 76.3 Å². The Bertz CT molecular complexity index is 795. The molecule has 2 fully saturated rings. The number of allylic oxidation sites excluding steroid dienone is 1. The SMILES string of the molecule is Cc1c[nH]c2ncc(C(N)=CC(=NCC3CC3)C3CCOC3)cc12. The van der Waals surface area contributed by atoms with Crippen molar-refractivity contribution >= 4 is 22.4 Å². The Kier molecular flexibility index (Phi) is 4.10. The number of hydrogen-bond donors (Lipinski definition) is 2. The quantitative estimate of drug-likeness (QED) is 0.830. The molecule has 1 aliphatic carbocycles. The lowest BCUT2D eigenvalue weighted by Crippen LogP contribution is -2.15. The lowest BCUT2D eigenvalue weighted by Gasteiger charge is -2.10. The summed E-state index contributed by atoms with van der Waals surface area (Å²) in [5, 5.41) is 1.12. The number of hydrogen-bond acceptors (Lipinski definition) is 4. The third-order valence-electron chi connectivity index (χ3n) is 4.95. The molecule has 1 saturated heterocycles. The number of H-pyrrole nitrogens is 1. The number of nitrogens with two attached hydrogens (primary N) is 1. The van der Waals surface area contributed by atoms with Crippen LogP contribution in [0.1, 0.15) is 30.4 Å². The molecule has 2 aromatic rings. The monoisotopic (exact) mass is 324 g/mol. The first-order valence-electron chi connectivity index (χ1n) is 8.74. The molecular weight excluding hydrogens is 300 g/mol. The molecule has 0 aromatic carbocycles. The summed E-state index contributed by atoms with van der Waals surface area (Å²) < 4.78 is 5.54. The number of aromatic amines is 1. The van der Waals surface area contributed by atoms with Gasteiger partial charge in [0.05, 0.1) is 6.61 Å². The Morgan fingerprint density at radius 2 is 2.33 bits per heavy atom. The summed E-state index contributed by atoms with van der Waals surface area (Å²) in [6.45, 7) is 4.56. The zero-order valence-electron chi connectivity index (χ0n) is 14.1. The highest BCUT2D eigenvalue weighted by atomic mass is 16.5. The summed E-state index contributed by atoms with van der Waals surface area (Å²) in [5.41, 5.74) is 11.2. The number of aryl methyl sites for hydroxylation is 1. The molecule has 5 nitrogen and oxygen atoms in total. The molecule has 1 atom stereocenters. The van der Waals surface area contributed by atoms with Gasteiger partial charge >= 0.3 is 0 Å². The summed E-state index contributed by atoms with van der Waals surface area (Å²) in [4.78, 5) is 12.5. The van der Waals surface area contributed by atoms with Crippen LogP contribution in [0, 0.1) is 18.8 Å². The zero-order chi connectivity index (χ0) is 16.5. The molecule has 0 amide bonds. The Labute approximate surface area is 142 Å². The summed E-state index contributed by atoms with van der Waals surface area (Å²) in [6.07, 6.45) is 9.48. The van der Waals surface area contributed by atoms with E-state index in [1.165, 1.54) is 18.4 Å². The molecule has 1 aliphatic heterocycles. The predicted octanol–water partition coefficient (Wildman–Crippen LogP) is 3.06. The smallest absolute Gasteiger partial charge is 0.137 e. The van der Waals surface area contributed by atoms with Crippen LogP contribution in [0.3, 0.4) is 0 Å². The lowest BCUT2D eigenvalue weighted by molar-refractivity contribution is 0.193. The van der Waals surface area contributed by atoms with Crippen LogP contribution in [0.2, 0.25) is 0 Å². The molecule has 1 unspecified atom stereocenters. The van der Waals surface area contributed by atoms with E-state index in [0.717, 1.165) is 60.1 Å². The van der Waals surface area contributed by atoms with Gasteiger partial charge in [0.2, 0.25) is 0 Å². The highest BCUT2D eigenvalue weighted by Crippen LogP contribution is 2.29. The van der Waals surface area contributed by atoms with Crippen LogP contribution in [-0.4, -0.2) is 35.4 Å². The van der Waals surface area contributed by atoms with Crippen molar-refractivity contribution in [3.8, 4) is 0 Å². The van der Waals surface area contributed by atoms with Crippen molar-refractivity contribution in [2.24, 2.45) is 22.6 Å². The Morgan fingerprint density at radius 1 is 1.46 bits per heavy atom. The van der Waals surface area contributed by atoms with E-state index in [2.05, 4.69) is 23.0 Å². The third kappa shape index (κ3) is 3.22. The summed E-state index contributed by atoms with van der Waals surface area (Å²) in [5.74, 6) is 1.14. The maximum Gasteiger partial charge on any atom is 0.137 e. The average Bonchev–Trinajstić information content (AvgIpc) is 3.11. The standard InChI is InChI=1S/C19H24N4O/c1-12-8-22-19-16(12)6-15(10-23-19)17(20)7-18(14-4-5-24-11-14)21-9-13-2-3-13/h6-8,10,13-14H,2-5,9,11,20H2,1H3,(H,22,23). The number of nitrogens with zero attached hydrogens (tertiary/aromatic N) is 2. The molecule has 0 radical (unpaired) electrons. The molecule has 4 rings (SSSR count). The van der Waals surface area contributed by atoms with E-state index in [0.29, 0.717) is 5.92 Å². The van der Waals surface area contributed by atoms with Gasteiger partial charge in [-0.1, -0.05) is 0 Å². The minimum Gasteiger partial charge on any atom is -0.398 e. The maximum atomic E-state index is 6.38. The minimum absolute atomic E-state index is 0.369. The van der Waals surface area contributed by atoms with Gasteiger partial charge in [-0.2, -0.15) is 0 Å². The third-order valence-corrected chi connectivity index (χ3v) is 4.95. The molecule has 1 saturated carbocycles. The molecule has 3 N–H and O–H groups in total. The van der Waals surface area contributed by atoms with E-state index in [1.54, 1.807) is 0 Å². The highest BCUT2D eigenvalue weighted by Gasteiger charge is 2.24. The number of nitrogens with one attached hydrogen (secondary N) is 1. The van der Waals surface area contributed by atoms with Crippen molar-refractivity contribution in [1.29, 1.82) is 0 Å². The molecule has 5 heteroatoms. The molecule has 3 heterocycles. The largest absolute Gasteiger partial charge is 0.398 e. The zero-order valence-corrected chi connectivity index (χ0v) is 14.1. The maximum absolute atomic E-state index is 6.38. The van der Waals surface area contributed by atoms with Crippen molar-refractivity contribution in [1.82, 2.24) is 9.97 Å². The van der Waals surface area contributed by atoms with Gasteiger partial charge in [-0.3, -0.25) is 4.99 Å². The fourth-order valence-corrected chi connectivity index (χ4v) is 3.13. The molecule has 2 aliphatic rings. The van der Waals surface area contributed by atoms with E-state index >= 15 is 0 Å². The molecule has 0 bridgehead atoms. The van der Waals surface area contributed by atoms with Crippen molar-refractivity contribution in [3.63, 3.8) is 0 Å². The Balaban J connectivity index is 1.63. The number of rotatable bonds is 5. The van der Waals surface area contributed by atoms with E-state index in [1.807, 2.05) is 18.5 Å². The molecule has 126 valence electrons. The van der Waals surface area contributed by atoms with Crippen molar-refractivity contribution in [3.05, 3.63) is 35.7 Å². The fourth-order valence-electron chi connectivity index (χ4n) is 3.13. The second-order valence-corrected chi connectivity index (χ2v) is 6.96. The first-order valence-corrected chi connectivity index (χ1v) is 8.74. The van der Waals surface area contributed by atoms with Crippen LogP contribution in [-0.2, 0) is 4.74 Å². The summed E-state index contributed by atoms with van der Waals surface area (Å²) in [6, 6.07) is 2.10. The van der Waals surface area contributed by atoms with Crippen molar-refractivity contribution in [2.75, 3.05) is 19.8 Å². The van der Waals surface area contributed by atoms with E-state index < -0.39 is 0 Å². The fraction of sp³-hybridized carbons (Fsp3) is 0.474. The van der Waals surface area contributed by atoms with Gasteiger partial charge in [-0.25, -0.2) is 4.98 Å². The Morgan fingerprint density at radius 3 is 3.08 bits per heavy atom. The second-order valence-electron chi connectivity index (χ2n) is 6.96. The van der Waals surface area contributed by atoms with Gasteiger partial charge in [-0.05, 0) is 49.8 Å². The lowest BCUT2D eigenvalue weighted by atomic mass is 10.00. The van der Waals surface area contributed by atoms with Gasteiger partial charge in [0, 0.05) is 53.8 Å². The van der Waals surface area contributed by atoms with E-state index in [9.17, 15) is 0 Å². The molecule has 2 aromatic heterocycles. The molecule has 0 spiro atoms. The van der Waals surface area contributed by atoms with Crippen molar-refractivity contribution in [2.45, 2.75) is 26.2 Å². The summed E-state index contributed by atoms with van der Waals surface area (Å²) in [7, 11) is 0. The molecule has 24 heavy (non-hydrogen) atoms. The first kappa shape index (κ1) is 15.4. The highest BCUT2D eigenvalue weighted by molar-refractivity contribution is 6.02. The van der Waals surface area contributed by atoms with Gasteiger partial charge < -0.3 is 15.5 Å². The van der Waals surface area contributed by atoms with Crippen LogP contribution in [0.25, 0.3) is 16.7 Å². The second kappa shape index (κ2) is 6.40. The van der Waals surface area contributed by atoms with Gasteiger partial charge in [-0.15, -0.1) is 0 Å². The van der Waals surface area contributed by atoms with Crippen LogP contribution < -0.4 is 5.73 Å². The minimum atomic E-state index is 0.369. The summed E-state index contributed by atoms with van der Waals surface area (Å²) >= 11 is 0. The van der Waals surface area contributed by atoms with E-state index in [4.69, 9.17) is 15.5 Å². The van der Waals surface area contributed by atoms with Gasteiger partial charge in [0.15, 0.2) is 0 Å². The van der Waals surface area contributed by atoms with E-state index in [-0.39, 0.29) is 0 Å². The average molecular weight is 324 g/mol. The normalized spacial score (nSPS) is 22.5. The van der Waals surface area contributed by atoms with Crippen molar-refractivity contribution < 1.29 is 4.74 Å². The predicted molar refractivity (Wildman–Crippen MR) is 96.9 cm³/mol. The Hall–Kier alpha value is -2.14. The van der Waals surface area contributed by atoms with Gasteiger partial charge in [0.1, 0.15) is 5.65 Å². The number of aliphatic imine (C=N–C) groups is 1. The number of aromatic nitrogens is 2. The first-order chi connectivity index (χ1) is 11.7. The van der Waals surface area contributed by atoms with Crippen LogP contribution >= 0.6 is 0 Å². The molecular formula is C19H24N4O. The van der Waals surface area contributed by atoms with Crippen LogP contribution in [0.5, 0.6) is 0 Å². The number of fused-ring (bicyclic) bond motifs is 1.